The van der Waals surface area contributed by atoms with Gasteiger partial charge in [0.2, 0.25) is 0 Å². The van der Waals surface area contributed by atoms with Gasteiger partial charge in [0, 0.05) is 24.9 Å². The minimum Gasteiger partial charge on any atom is -0.497 e. The van der Waals surface area contributed by atoms with E-state index in [4.69, 9.17) is 24.1 Å². The molecule has 2 aliphatic heterocycles. The Bertz CT molecular complexity index is 1070. The molecule has 0 aromatic rings. The van der Waals surface area contributed by atoms with Crippen molar-refractivity contribution >= 4 is 6.16 Å². The maximum atomic E-state index is 12.0. The smallest absolute Gasteiger partial charge is 0.497 e. The lowest BCUT2D eigenvalue weighted by Gasteiger charge is -2.56. The van der Waals surface area contributed by atoms with Crippen molar-refractivity contribution in [1.29, 1.82) is 0 Å². The van der Waals surface area contributed by atoms with Crippen LogP contribution in [-0.4, -0.2) is 90.7 Å². The van der Waals surface area contributed by atoms with Crippen molar-refractivity contribution in [3.05, 3.63) is 34.8 Å². The molecule has 6 atom stereocenters. The first-order valence-electron chi connectivity index (χ1n) is 15.6. The molecule has 3 N–H and O–H groups in total. The SMILES string of the molecule is COC1=C2OC/C(=C(C)\C=C/COC(=O)OCC[C@@H](O)CO)C23CCN(CC2CC2)C(C)C3CC1C(C)(O)C(C)(C)C. The molecule has 4 aliphatic rings. The summed E-state index contributed by atoms with van der Waals surface area (Å²) >= 11 is 0. The summed E-state index contributed by atoms with van der Waals surface area (Å²) in [6.45, 7) is 14.9. The highest BCUT2D eigenvalue weighted by atomic mass is 16.7. The number of rotatable bonds is 11. The second-order valence-corrected chi connectivity index (χ2v) is 14.0. The Hall–Kier alpha value is -2.07. The lowest BCUT2D eigenvalue weighted by molar-refractivity contribution is -0.120. The van der Waals surface area contributed by atoms with E-state index in [0.717, 1.165) is 48.9 Å². The number of hydrogen-bond acceptors (Lipinski definition) is 9. The molecule has 238 valence electrons. The van der Waals surface area contributed by atoms with Crippen molar-refractivity contribution in [2.45, 2.75) is 91.4 Å². The van der Waals surface area contributed by atoms with Crippen LogP contribution in [0.15, 0.2) is 34.8 Å². The van der Waals surface area contributed by atoms with Gasteiger partial charge >= 0.3 is 6.16 Å². The Labute approximate surface area is 251 Å². The number of piperidine rings is 1. The number of likely N-dealkylation sites (tertiary alicyclic amines) is 1. The van der Waals surface area contributed by atoms with Gasteiger partial charge < -0.3 is 39.2 Å². The zero-order chi connectivity index (χ0) is 30.9. The fourth-order valence-corrected chi connectivity index (χ4v) is 7.23. The number of aliphatic hydroxyl groups excluding tert-OH is 2. The number of methoxy groups -OCH3 is 1. The molecule has 0 aromatic carbocycles. The predicted octanol–water partition coefficient (Wildman–Crippen LogP) is 4.57. The lowest BCUT2D eigenvalue weighted by atomic mass is 9.53. The minimum absolute atomic E-state index is 0.0232. The third kappa shape index (κ3) is 6.40. The normalized spacial score (nSPS) is 31.6. The van der Waals surface area contributed by atoms with Crippen LogP contribution in [0.1, 0.15) is 73.6 Å². The predicted molar refractivity (Wildman–Crippen MR) is 159 cm³/mol. The third-order valence-electron chi connectivity index (χ3n) is 10.5. The molecule has 0 aromatic heterocycles. The fraction of sp³-hybridized carbons (Fsp3) is 0.788. The maximum Gasteiger partial charge on any atom is 0.508 e. The molecule has 1 saturated carbocycles. The van der Waals surface area contributed by atoms with Crippen LogP contribution in [0.4, 0.5) is 4.79 Å². The molecule has 0 bridgehead atoms. The summed E-state index contributed by atoms with van der Waals surface area (Å²) in [6.07, 6.45) is 6.59. The first-order chi connectivity index (χ1) is 19.8. The number of carbonyl (C=O) groups is 1. The Morgan fingerprint density at radius 1 is 1.24 bits per heavy atom. The number of aliphatic hydroxyl groups is 3. The average Bonchev–Trinajstić information content (AvgIpc) is 3.67. The molecule has 0 amide bonds. The standard InChI is InChI=1S/C33H53NO8/c1-21(9-8-15-40-30(37)41-16-12-24(36)19-35)27-20-42-29-28(39-7)26(32(6,38)31(3,4)5)17-25-22(2)34(18-23-10-11-23)14-13-33(25,27)29/h8-9,22-26,35-36,38H,10-20H2,1-7H3/b9-8-,27-21+/t22?,24-,25?,26?,32?,33?/m1/s1. The molecule has 0 radical (unpaired) electrons. The van der Waals surface area contributed by atoms with Crippen LogP contribution >= 0.6 is 0 Å². The van der Waals surface area contributed by atoms with Crippen LogP contribution in [0.2, 0.25) is 0 Å². The van der Waals surface area contributed by atoms with E-state index in [0.29, 0.717) is 12.6 Å². The summed E-state index contributed by atoms with van der Waals surface area (Å²) < 4.78 is 22.8. The Morgan fingerprint density at radius 3 is 2.57 bits per heavy atom. The average molecular weight is 592 g/mol. The van der Waals surface area contributed by atoms with Crippen LogP contribution in [0.5, 0.6) is 0 Å². The first-order valence-corrected chi connectivity index (χ1v) is 15.6. The molecule has 9 nitrogen and oxygen atoms in total. The van der Waals surface area contributed by atoms with Gasteiger partial charge in [-0.05, 0) is 87.5 Å². The second kappa shape index (κ2) is 12.9. The van der Waals surface area contributed by atoms with Crippen molar-refractivity contribution in [2.24, 2.45) is 28.6 Å². The Balaban J connectivity index is 1.61. The van der Waals surface area contributed by atoms with Crippen LogP contribution in [-0.2, 0) is 18.9 Å². The highest BCUT2D eigenvalue weighted by molar-refractivity contribution is 5.60. The van der Waals surface area contributed by atoms with Crippen molar-refractivity contribution in [3.8, 4) is 0 Å². The van der Waals surface area contributed by atoms with E-state index >= 15 is 0 Å². The number of ether oxygens (including phenoxy) is 4. The summed E-state index contributed by atoms with van der Waals surface area (Å²) in [7, 11) is 1.70. The summed E-state index contributed by atoms with van der Waals surface area (Å²) in [5, 5.41) is 30.2. The van der Waals surface area contributed by atoms with Gasteiger partial charge in [0.25, 0.3) is 0 Å². The number of carbonyl (C=O) groups excluding carboxylic acids is 1. The molecule has 2 heterocycles. The van der Waals surface area contributed by atoms with E-state index in [1.54, 1.807) is 13.2 Å². The van der Waals surface area contributed by atoms with E-state index in [1.165, 1.54) is 18.4 Å². The number of hydrogen-bond donors (Lipinski definition) is 3. The summed E-state index contributed by atoms with van der Waals surface area (Å²) in [5.41, 5.74) is 0.654. The summed E-state index contributed by atoms with van der Waals surface area (Å²) in [6, 6.07) is 0.321. The molecular weight excluding hydrogens is 538 g/mol. The maximum absolute atomic E-state index is 12.0. The Kier molecular flexibility index (Phi) is 10.1. The third-order valence-corrected chi connectivity index (χ3v) is 10.5. The largest absolute Gasteiger partial charge is 0.508 e. The Morgan fingerprint density at radius 2 is 1.95 bits per heavy atom. The van der Waals surface area contributed by atoms with Gasteiger partial charge in [-0.15, -0.1) is 0 Å². The lowest BCUT2D eigenvalue weighted by Crippen LogP contribution is -2.59. The molecular formula is C33H53NO8. The van der Waals surface area contributed by atoms with Crippen LogP contribution in [0, 0.1) is 28.6 Å². The summed E-state index contributed by atoms with van der Waals surface area (Å²) in [4.78, 5) is 14.5. The van der Waals surface area contributed by atoms with E-state index in [1.807, 2.05) is 13.0 Å². The van der Waals surface area contributed by atoms with E-state index in [9.17, 15) is 15.0 Å². The molecule has 4 rings (SSSR count). The highest BCUT2D eigenvalue weighted by Crippen LogP contribution is 2.64. The zero-order valence-electron chi connectivity index (χ0n) is 26.6. The van der Waals surface area contributed by atoms with Crippen LogP contribution in [0.3, 0.4) is 0 Å². The molecule has 1 spiro atoms. The van der Waals surface area contributed by atoms with Gasteiger partial charge in [-0.25, -0.2) is 4.79 Å². The number of nitrogens with zero attached hydrogens (tertiary/aromatic N) is 1. The van der Waals surface area contributed by atoms with Gasteiger partial charge in [-0.1, -0.05) is 26.8 Å². The summed E-state index contributed by atoms with van der Waals surface area (Å²) in [5.74, 6) is 2.53. The highest BCUT2D eigenvalue weighted by Gasteiger charge is 2.63. The van der Waals surface area contributed by atoms with Crippen LogP contribution < -0.4 is 0 Å². The molecule has 5 unspecified atom stereocenters. The van der Waals surface area contributed by atoms with Crippen molar-refractivity contribution in [3.63, 3.8) is 0 Å². The topological polar surface area (TPSA) is 118 Å². The van der Waals surface area contributed by atoms with Crippen molar-refractivity contribution in [2.75, 3.05) is 46.6 Å². The number of allylic oxidation sites excluding steroid dienone is 3. The van der Waals surface area contributed by atoms with Gasteiger partial charge in [-0.3, -0.25) is 0 Å². The molecule has 42 heavy (non-hydrogen) atoms. The van der Waals surface area contributed by atoms with Gasteiger partial charge in [0.05, 0.1) is 37.4 Å². The van der Waals surface area contributed by atoms with Crippen molar-refractivity contribution < 1.29 is 39.1 Å². The van der Waals surface area contributed by atoms with Crippen LogP contribution in [0.25, 0.3) is 0 Å². The molecule has 9 heteroatoms. The van der Waals surface area contributed by atoms with Crippen molar-refractivity contribution in [1.82, 2.24) is 4.90 Å². The molecule has 3 fully saturated rings. The quantitative estimate of drug-likeness (QED) is 0.297. The zero-order valence-corrected chi connectivity index (χ0v) is 26.6. The van der Waals surface area contributed by atoms with Gasteiger partial charge in [-0.2, -0.15) is 0 Å². The van der Waals surface area contributed by atoms with Gasteiger partial charge in [0.1, 0.15) is 24.7 Å². The van der Waals surface area contributed by atoms with E-state index in [2.05, 4.69) is 39.5 Å². The first kappa shape index (κ1) is 32.8. The fourth-order valence-electron chi connectivity index (χ4n) is 7.23. The van der Waals surface area contributed by atoms with E-state index < -0.39 is 17.9 Å². The van der Waals surface area contributed by atoms with Gasteiger partial charge in [0.15, 0.2) is 0 Å². The minimum atomic E-state index is -0.997. The second-order valence-electron chi connectivity index (χ2n) is 14.0. The molecule has 2 saturated heterocycles. The monoisotopic (exact) mass is 591 g/mol. The molecule has 2 aliphatic carbocycles. The van der Waals surface area contributed by atoms with E-state index in [-0.39, 0.29) is 48.9 Å².